The summed E-state index contributed by atoms with van der Waals surface area (Å²) in [5, 5.41) is 9.13. The molecule has 2 saturated heterocycles. The van der Waals surface area contributed by atoms with Gasteiger partial charge >= 0.3 is 12.1 Å². The minimum Gasteiger partial charge on any atom is -0.469 e. The number of carbonyl (C=O) groups is 2. The second kappa shape index (κ2) is 6.36. The number of methoxy groups -OCH3 is 1. The van der Waals surface area contributed by atoms with Gasteiger partial charge in [-0.3, -0.25) is 9.69 Å². The molecule has 0 aromatic heterocycles. The molecular weight excluding hydrogens is 300 g/mol. The number of nitrogens with zero attached hydrogens (tertiary/aromatic N) is 2. The maximum atomic E-state index is 12.5. The summed E-state index contributed by atoms with van der Waals surface area (Å²) in [7, 11) is 1.33. The summed E-state index contributed by atoms with van der Waals surface area (Å²) < 4.78 is 15.9. The van der Waals surface area contributed by atoms with Crippen molar-refractivity contribution in [3.05, 3.63) is 0 Å². The van der Waals surface area contributed by atoms with Crippen molar-refractivity contribution in [3.8, 4) is 6.07 Å². The highest BCUT2D eigenvalue weighted by molar-refractivity contribution is 5.78. The molecule has 23 heavy (non-hydrogen) atoms. The first kappa shape index (κ1) is 17.5. The molecule has 2 rings (SSSR count). The number of hydrogen-bond donors (Lipinski definition) is 0. The fourth-order valence-corrected chi connectivity index (χ4v) is 3.46. The summed E-state index contributed by atoms with van der Waals surface area (Å²) in [4.78, 5) is 26.4. The quantitative estimate of drug-likeness (QED) is 0.720. The van der Waals surface area contributed by atoms with Crippen LogP contribution in [0.3, 0.4) is 0 Å². The van der Waals surface area contributed by atoms with Crippen LogP contribution in [0.15, 0.2) is 0 Å². The summed E-state index contributed by atoms with van der Waals surface area (Å²) in [5.74, 6) is -0.389. The fraction of sp³-hybridized carbons (Fsp3) is 0.812. The SMILES string of the molecule is COC(=O)[C@@]1(CC#N)C[C@H]2COC[C@@H](C1)N2C(=O)OC(C)(C)C. The van der Waals surface area contributed by atoms with Crippen LogP contribution in [0.2, 0.25) is 0 Å². The number of amides is 1. The van der Waals surface area contributed by atoms with Crippen LogP contribution in [-0.4, -0.2) is 55.0 Å². The third-order valence-corrected chi connectivity index (χ3v) is 4.30. The average molecular weight is 324 g/mol. The van der Waals surface area contributed by atoms with Crippen LogP contribution < -0.4 is 0 Å². The molecule has 0 aromatic rings. The van der Waals surface area contributed by atoms with Crippen LogP contribution in [0.25, 0.3) is 0 Å². The lowest BCUT2D eigenvalue weighted by atomic mass is 9.70. The molecule has 2 heterocycles. The van der Waals surface area contributed by atoms with Crippen molar-refractivity contribution in [1.82, 2.24) is 4.90 Å². The highest BCUT2D eigenvalue weighted by atomic mass is 16.6. The third kappa shape index (κ3) is 3.58. The van der Waals surface area contributed by atoms with Crippen LogP contribution in [0.4, 0.5) is 4.79 Å². The first-order chi connectivity index (χ1) is 10.7. The van der Waals surface area contributed by atoms with Gasteiger partial charge < -0.3 is 14.2 Å². The number of fused-ring (bicyclic) bond motifs is 2. The summed E-state index contributed by atoms with van der Waals surface area (Å²) >= 11 is 0. The number of piperidine rings is 1. The fourth-order valence-electron chi connectivity index (χ4n) is 3.46. The zero-order valence-corrected chi connectivity index (χ0v) is 14.1. The van der Waals surface area contributed by atoms with Gasteiger partial charge in [0.25, 0.3) is 0 Å². The first-order valence-corrected chi connectivity index (χ1v) is 7.77. The van der Waals surface area contributed by atoms with Gasteiger partial charge in [-0.1, -0.05) is 0 Å². The van der Waals surface area contributed by atoms with E-state index in [-0.39, 0.29) is 24.5 Å². The molecule has 2 aliphatic heterocycles. The summed E-state index contributed by atoms with van der Waals surface area (Å²) in [6.07, 6.45) is 0.382. The smallest absolute Gasteiger partial charge is 0.410 e. The van der Waals surface area contributed by atoms with Crippen LogP contribution in [0, 0.1) is 16.7 Å². The van der Waals surface area contributed by atoms with Crippen LogP contribution in [-0.2, 0) is 19.0 Å². The lowest BCUT2D eigenvalue weighted by molar-refractivity contribution is -0.166. The zero-order chi connectivity index (χ0) is 17.3. The van der Waals surface area contributed by atoms with Gasteiger partial charge in [-0.05, 0) is 33.6 Å². The van der Waals surface area contributed by atoms with Crippen molar-refractivity contribution in [2.75, 3.05) is 20.3 Å². The molecule has 0 aliphatic carbocycles. The first-order valence-electron chi connectivity index (χ1n) is 7.77. The number of nitriles is 1. The van der Waals surface area contributed by atoms with E-state index in [1.54, 1.807) is 4.90 Å². The van der Waals surface area contributed by atoms with Crippen molar-refractivity contribution in [3.63, 3.8) is 0 Å². The number of rotatable bonds is 2. The Morgan fingerprint density at radius 1 is 1.30 bits per heavy atom. The van der Waals surface area contributed by atoms with Crippen molar-refractivity contribution in [2.45, 2.75) is 57.7 Å². The van der Waals surface area contributed by atoms with E-state index in [1.165, 1.54) is 7.11 Å². The zero-order valence-electron chi connectivity index (χ0n) is 14.1. The minimum absolute atomic E-state index is 0.0782. The van der Waals surface area contributed by atoms with Crippen molar-refractivity contribution in [2.24, 2.45) is 5.41 Å². The molecule has 0 aromatic carbocycles. The molecule has 1 amide bonds. The number of carbonyl (C=O) groups excluding carboxylic acids is 2. The van der Waals surface area contributed by atoms with E-state index in [4.69, 9.17) is 19.5 Å². The maximum Gasteiger partial charge on any atom is 0.410 e. The predicted octanol–water partition coefficient (Wildman–Crippen LogP) is 1.86. The van der Waals surface area contributed by atoms with E-state index in [1.807, 2.05) is 20.8 Å². The average Bonchev–Trinajstić information content (AvgIpc) is 2.43. The number of esters is 1. The Morgan fingerprint density at radius 2 is 1.87 bits per heavy atom. The normalized spacial score (nSPS) is 30.3. The van der Waals surface area contributed by atoms with Gasteiger partial charge in [-0.25, -0.2) is 4.79 Å². The van der Waals surface area contributed by atoms with Gasteiger partial charge in [0.15, 0.2) is 0 Å². The highest BCUT2D eigenvalue weighted by Gasteiger charge is 2.53. The Balaban J connectivity index is 2.24. The lowest BCUT2D eigenvalue weighted by Gasteiger charge is -2.51. The Kier molecular flexibility index (Phi) is 4.85. The molecule has 2 bridgehead atoms. The van der Waals surface area contributed by atoms with Crippen LogP contribution in [0.1, 0.15) is 40.0 Å². The highest BCUT2D eigenvalue weighted by Crippen LogP contribution is 2.44. The predicted molar refractivity (Wildman–Crippen MR) is 80.4 cm³/mol. The van der Waals surface area contributed by atoms with Crippen molar-refractivity contribution in [1.29, 1.82) is 5.26 Å². The summed E-state index contributed by atoms with van der Waals surface area (Å²) in [5.41, 5.74) is -1.46. The third-order valence-electron chi connectivity index (χ3n) is 4.30. The molecule has 128 valence electrons. The Hall–Kier alpha value is -1.81. The van der Waals surface area contributed by atoms with E-state index >= 15 is 0 Å². The van der Waals surface area contributed by atoms with Crippen LogP contribution >= 0.6 is 0 Å². The molecule has 2 fully saturated rings. The van der Waals surface area contributed by atoms with E-state index in [0.717, 1.165) is 0 Å². The van der Waals surface area contributed by atoms with Crippen molar-refractivity contribution >= 4 is 12.1 Å². The molecule has 0 N–H and O–H groups in total. The number of ether oxygens (including phenoxy) is 3. The van der Waals surface area contributed by atoms with Gasteiger partial charge in [-0.15, -0.1) is 0 Å². The van der Waals surface area contributed by atoms with E-state index in [2.05, 4.69) is 6.07 Å². The maximum absolute atomic E-state index is 12.5. The van der Waals surface area contributed by atoms with Crippen LogP contribution in [0.5, 0.6) is 0 Å². The molecule has 7 heteroatoms. The molecule has 0 saturated carbocycles. The van der Waals surface area contributed by atoms with Gasteiger partial charge in [0.2, 0.25) is 0 Å². The number of hydrogen-bond acceptors (Lipinski definition) is 6. The molecule has 2 aliphatic rings. The Labute approximate surface area is 136 Å². The monoisotopic (exact) mass is 324 g/mol. The second-order valence-electron chi connectivity index (χ2n) is 7.25. The Bertz CT molecular complexity index is 506. The van der Waals surface area contributed by atoms with Gasteiger partial charge in [0, 0.05) is 0 Å². The summed E-state index contributed by atoms with van der Waals surface area (Å²) in [6.45, 7) is 6.11. The van der Waals surface area contributed by atoms with E-state index in [9.17, 15) is 9.59 Å². The molecule has 0 spiro atoms. The number of morpholine rings is 1. The molecule has 3 atom stereocenters. The molecule has 0 radical (unpaired) electrons. The van der Waals surface area contributed by atoms with E-state index < -0.39 is 17.1 Å². The second-order valence-corrected chi connectivity index (χ2v) is 7.25. The van der Waals surface area contributed by atoms with Gasteiger partial charge in [0.05, 0.1) is 50.3 Å². The standard InChI is InChI=1S/C16H24N2O5/c1-15(2,3)23-14(20)18-11-7-16(5-6-17,13(19)21-4)8-12(18)10-22-9-11/h11-12H,5,7-10H2,1-4H3/t11-,12+,16-. The van der Waals surface area contributed by atoms with E-state index in [0.29, 0.717) is 26.1 Å². The van der Waals surface area contributed by atoms with Crippen molar-refractivity contribution < 1.29 is 23.8 Å². The van der Waals surface area contributed by atoms with Gasteiger partial charge in [0.1, 0.15) is 5.60 Å². The largest absolute Gasteiger partial charge is 0.469 e. The molecule has 7 nitrogen and oxygen atoms in total. The topological polar surface area (TPSA) is 88.9 Å². The molecule has 0 unspecified atom stereocenters. The summed E-state index contributed by atoms with van der Waals surface area (Å²) in [6, 6.07) is 1.51. The Morgan fingerprint density at radius 3 is 2.30 bits per heavy atom. The minimum atomic E-state index is -0.874. The molecular formula is C16H24N2O5. The van der Waals surface area contributed by atoms with Gasteiger partial charge in [-0.2, -0.15) is 5.26 Å². The lowest BCUT2D eigenvalue weighted by Crippen LogP contribution is -2.63.